The number of rotatable bonds is 4. The Bertz CT molecular complexity index is 434. The van der Waals surface area contributed by atoms with Crippen LogP contribution in [0.15, 0.2) is 10.5 Å². The fourth-order valence-corrected chi connectivity index (χ4v) is 2.52. The van der Waals surface area contributed by atoms with Gasteiger partial charge in [0.05, 0.1) is 13.7 Å². The standard InChI is InChI=1S/C14H22N2O3/c1-10-7-12(19-13(10)14(17)18-2)9-16-5-3-11(8-15)4-6-16/h7,11H,3-6,8-9,15H2,1-2H3. The Labute approximate surface area is 113 Å². The molecule has 5 nitrogen and oxygen atoms in total. The van der Waals surface area contributed by atoms with Gasteiger partial charge in [-0.25, -0.2) is 4.79 Å². The molecule has 0 unspecified atom stereocenters. The van der Waals surface area contributed by atoms with E-state index in [1.807, 2.05) is 13.0 Å². The third-order valence-electron chi connectivity index (χ3n) is 3.76. The van der Waals surface area contributed by atoms with Gasteiger partial charge >= 0.3 is 5.97 Å². The molecule has 0 amide bonds. The predicted molar refractivity (Wildman–Crippen MR) is 71.8 cm³/mol. The van der Waals surface area contributed by atoms with E-state index in [9.17, 15) is 4.79 Å². The first-order valence-corrected chi connectivity index (χ1v) is 6.74. The molecular formula is C14H22N2O3. The molecule has 1 fully saturated rings. The van der Waals surface area contributed by atoms with Crippen LogP contribution in [0.5, 0.6) is 0 Å². The van der Waals surface area contributed by atoms with Crippen molar-refractivity contribution in [2.45, 2.75) is 26.3 Å². The fraction of sp³-hybridized carbons (Fsp3) is 0.643. The van der Waals surface area contributed by atoms with Crippen LogP contribution in [-0.2, 0) is 11.3 Å². The highest BCUT2D eigenvalue weighted by Gasteiger charge is 2.21. The molecule has 1 aliphatic rings. The fourth-order valence-electron chi connectivity index (χ4n) is 2.52. The number of nitrogens with two attached hydrogens (primary N) is 1. The Balaban J connectivity index is 1.95. The Morgan fingerprint density at radius 2 is 2.21 bits per heavy atom. The molecule has 1 saturated heterocycles. The average molecular weight is 266 g/mol. The molecule has 2 heterocycles. The number of ether oxygens (including phenoxy) is 1. The van der Waals surface area contributed by atoms with Gasteiger partial charge in [0.15, 0.2) is 0 Å². The van der Waals surface area contributed by atoms with Crippen molar-refractivity contribution in [3.8, 4) is 0 Å². The molecule has 5 heteroatoms. The average Bonchev–Trinajstić information content (AvgIpc) is 2.79. The van der Waals surface area contributed by atoms with E-state index in [-0.39, 0.29) is 0 Å². The van der Waals surface area contributed by atoms with Crippen LogP contribution in [0.4, 0.5) is 0 Å². The minimum Gasteiger partial charge on any atom is -0.463 e. The van der Waals surface area contributed by atoms with Crippen LogP contribution in [0.1, 0.15) is 34.7 Å². The summed E-state index contributed by atoms with van der Waals surface area (Å²) in [4.78, 5) is 13.8. The summed E-state index contributed by atoms with van der Waals surface area (Å²) in [5, 5.41) is 0. The molecule has 1 aromatic heterocycles. The Hall–Kier alpha value is -1.33. The normalized spacial score (nSPS) is 17.6. The van der Waals surface area contributed by atoms with Crippen molar-refractivity contribution in [1.29, 1.82) is 0 Å². The van der Waals surface area contributed by atoms with Crippen molar-refractivity contribution in [1.82, 2.24) is 4.90 Å². The van der Waals surface area contributed by atoms with Gasteiger partial charge in [-0.05, 0) is 51.4 Å². The lowest BCUT2D eigenvalue weighted by Gasteiger charge is -2.30. The maximum Gasteiger partial charge on any atom is 0.374 e. The smallest absolute Gasteiger partial charge is 0.374 e. The summed E-state index contributed by atoms with van der Waals surface area (Å²) in [6, 6.07) is 1.92. The highest BCUT2D eigenvalue weighted by Crippen LogP contribution is 2.21. The zero-order valence-corrected chi connectivity index (χ0v) is 11.6. The van der Waals surface area contributed by atoms with Gasteiger partial charge in [-0.2, -0.15) is 0 Å². The second-order valence-electron chi connectivity index (χ2n) is 5.17. The second kappa shape index (κ2) is 6.21. The van der Waals surface area contributed by atoms with Gasteiger partial charge in [-0.1, -0.05) is 0 Å². The van der Waals surface area contributed by atoms with E-state index in [0.29, 0.717) is 11.7 Å². The molecular weight excluding hydrogens is 244 g/mol. The Morgan fingerprint density at radius 3 is 2.79 bits per heavy atom. The number of hydrogen-bond donors (Lipinski definition) is 1. The van der Waals surface area contributed by atoms with Gasteiger partial charge in [-0.3, -0.25) is 4.90 Å². The minimum atomic E-state index is -0.411. The largest absolute Gasteiger partial charge is 0.463 e. The van der Waals surface area contributed by atoms with Crippen molar-refractivity contribution in [3.63, 3.8) is 0 Å². The first-order chi connectivity index (χ1) is 9.13. The lowest BCUT2D eigenvalue weighted by atomic mass is 9.97. The minimum absolute atomic E-state index is 0.314. The van der Waals surface area contributed by atoms with Gasteiger partial charge in [0.2, 0.25) is 5.76 Å². The summed E-state index contributed by atoms with van der Waals surface area (Å²) in [5.74, 6) is 1.38. The summed E-state index contributed by atoms with van der Waals surface area (Å²) >= 11 is 0. The van der Waals surface area contributed by atoms with Crippen molar-refractivity contribution >= 4 is 5.97 Å². The number of carbonyl (C=O) groups excluding carboxylic acids is 1. The third-order valence-corrected chi connectivity index (χ3v) is 3.76. The molecule has 0 radical (unpaired) electrons. The molecule has 0 aliphatic carbocycles. The van der Waals surface area contributed by atoms with Gasteiger partial charge in [0, 0.05) is 5.56 Å². The summed E-state index contributed by atoms with van der Waals surface area (Å²) in [5.41, 5.74) is 6.52. The number of aryl methyl sites for hydroxylation is 1. The maximum absolute atomic E-state index is 11.5. The lowest BCUT2D eigenvalue weighted by molar-refractivity contribution is 0.0559. The van der Waals surface area contributed by atoms with Crippen LogP contribution in [-0.4, -0.2) is 37.6 Å². The molecule has 0 spiro atoms. The molecule has 2 N–H and O–H groups in total. The van der Waals surface area contributed by atoms with Crippen LogP contribution in [0.25, 0.3) is 0 Å². The highest BCUT2D eigenvalue weighted by molar-refractivity contribution is 5.87. The highest BCUT2D eigenvalue weighted by atomic mass is 16.5. The number of esters is 1. The van der Waals surface area contributed by atoms with Crippen LogP contribution in [0.3, 0.4) is 0 Å². The van der Waals surface area contributed by atoms with Gasteiger partial charge in [0.25, 0.3) is 0 Å². The number of furan rings is 1. The monoisotopic (exact) mass is 266 g/mol. The zero-order valence-electron chi connectivity index (χ0n) is 11.6. The summed E-state index contributed by atoms with van der Waals surface area (Å²) in [6.07, 6.45) is 2.28. The van der Waals surface area contributed by atoms with Crippen LogP contribution >= 0.6 is 0 Å². The first kappa shape index (κ1) is 14.1. The van der Waals surface area contributed by atoms with E-state index in [2.05, 4.69) is 9.64 Å². The van der Waals surface area contributed by atoms with E-state index in [0.717, 1.165) is 50.3 Å². The molecule has 1 aromatic rings. The molecule has 0 aromatic carbocycles. The van der Waals surface area contributed by atoms with Crippen LogP contribution in [0, 0.1) is 12.8 Å². The Morgan fingerprint density at radius 1 is 1.53 bits per heavy atom. The summed E-state index contributed by atoms with van der Waals surface area (Å²) in [6.45, 7) is 5.46. The lowest BCUT2D eigenvalue weighted by Crippen LogP contribution is -2.35. The zero-order chi connectivity index (χ0) is 13.8. The number of piperidine rings is 1. The van der Waals surface area contributed by atoms with E-state index < -0.39 is 5.97 Å². The molecule has 0 bridgehead atoms. The number of likely N-dealkylation sites (tertiary alicyclic amines) is 1. The molecule has 0 atom stereocenters. The number of carbonyl (C=O) groups is 1. The van der Waals surface area contributed by atoms with Gasteiger partial charge < -0.3 is 14.9 Å². The second-order valence-corrected chi connectivity index (χ2v) is 5.17. The van der Waals surface area contributed by atoms with E-state index in [1.54, 1.807) is 0 Å². The summed E-state index contributed by atoms with van der Waals surface area (Å²) in [7, 11) is 1.36. The summed E-state index contributed by atoms with van der Waals surface area (Å²) < 4.78 is 10.3. The molecule has 1 aliphatic heterocycles. The van der Waals surface area contributed by atoms with Crippen LogP contribution < -0.4 is 5.73 Å². The van der Waals surface area contributed by atoms with Gasteiger partial charge in [0.1, 0.15) is 5.76 Å². The van der Waals surface area contributed by atoms with Crippen molar-refractivity contribution in [2.75, 3.05) is 26.7 Å². The van der Waals surface area contributed by atoms with Crippen molar-refractivity contribution in [2.24, 2.45) is 11.7 Å². The predicted octanol–water partition coefficient (Wildman–Crippen LogP) is 1.55. The molecule has 19 heavy (non-hydrogen) atoms. The topological polar surface area (TPSA) is 68.7 Å². The molecule has 106 valence electrons. The Kier molecular flexibility index (Phi) is 4.61. The first-order valence-electron chi connectivity index (χ1n) is 6.74. The SMILES string of the molecule is COC(=O)c1oc(CN2CCC(CN)CC2)cc1C. The number of hydrogen-bond acceptors (Lipinski definition) is 5. The molecule has 0 saturated carbocycles. The molecule has 2 rings (SSSR count). The van der Waals surface area contributed by atoms with E-state index >= 15 is 0 Å². The van der Waals surface area contributed by atoms with Crippen molar-refractivity contribution < 1.29 is 13.9 Å². The van der Waals surface area contributed by atoms with Gasteiger partial charge in [-0.15, -0.1) is 0 Å². The van der Waals surface area contributed by atoms with Crippen LogP contribution in [0.2, 0.25) is 0 Å². The van der Waals surface area contributed by atoms with E-state index in [4.69, 9.17) is 10.2 Å². The van der Waals surface area contributed by atoms with Crippen molar-refractivity contribution in [3.05, 3.63) is 23.2 Å². The van der Waals surface area contributed by atoms with E-state index in [1.165, 1.54) is 7.11 Å². The quantitative estimate of drug-likeness (QED) is 0.837. The maximum atomic E-state index is 11.5. The number of methoxy groups -OCH3 is 1. The number of nitrogens with zero attached hydrogens (tertiary/aromatic N) is 1. The third kappa shape index (κ3) is 3.36.